The van der Waals surface area contributed by atoms with E-state index in [0.29, 0.717) is 19.5 Å². The number of ether oxygens (including phenoxy) is 1. The van der Waals surface area contributed by atoms with Gasteiger partial charge in [-0.15, -0.1) is 0 Å². The van der Waals surface area contributed by atoms with E-state index in [9.17, 15) is 14.7 Å². The van der Waals surface area contributed by atoms with E-state index in [0.717, 1.165) is 19.4 Å². The molecule has 2 amide bonds. The fourth-order valence-corrected chi connectivity index (χ4v) is 2.12. The minimum atomic E-state index is -0.918. The number of aliphatic carboxylic acids is 1. The first kappa shape index (κ1) is 16.8. The molecule has 0 spiro atoms. The molecule has 1 rings (SSSR count). The van der Waals surface area contributed by atoms with Crippen molar-refractivity contribution in [3.05, 3.63) is 0 Å². The smallest absolute Gasteiger partial charge is 0.317 e. The summed E-state index contributed by atoms with van der Waals surface area (Å²) in [4.78, 5) is 25.0. The van der Waals surface area contributed by atoms with E-state index in [4.69, 9.17) is 4.74 Å². The minimum absolute atomic E-state index is 0.109. The van der Waals surface area contributed by atoms with Crippen LogP contribution in [0.2, 0.25) is 0 Å². The summed E-state index contributed by atoms with van der Waals surface area (Å²) in [5.41, 5.74) is -0.918. The molecular formula is C14H26N2O4. The molecule has 1 heterocycles. The van der Waals surface area contributed by atoms with E-state index in [1.807, 2.05) is 13.8 Å². The van der Waals surface area contributed by atoms with Gasteiger partial charge in [0.05, 0.1) is 11.5 Å². The highest BCUT2D eigenvalue weighted by Crippen LogP contribution is 2.20. The maximum absolute atomic E-state index is 12.1. The number of hydrogen-bond donors (Lipinski definition) is 2. The van der Waals surface area contributed by atoms with Crippen molar-refractivity contribution in [2.75, 3.05) is 26.2 Å². The maximum atomic E-state index is 12.1. The number of hydrogen-bond acceptors (Lipinski definition) is 3. The molecule has 0 aliphatic carbocycles. The molecule has 116 valence electrons. The second kappa shape index (κ2) is 7.47. The Morgan fingerprint density at radius 2 is 2.15 bits per heavy atom. The molecule has 0 aromatic carbocycles. The van der Waals surface area contributed by atoms with Crippen LogP contribution in [0.25, 0.3) is 0 Å². The van der Waals surface area contributed by atoms with Crippen LogP contribution in [-0.4, -0.2) is 54.4 Å². The topological polar surface area (TPSA) is 78.9 Å². The summed E-state index contributed by atoms with van der Waals surface area (Å²) in [6.07, 6.45) is 2.60. The lowest BCUT2D eigenvalue weighted by molar-refractivity contribution is -0.147. The van der Waals surface area contributed by atoms with Gasteiger partial charge in [-0.2, -0.15) is 0 Å². The SMILES string of the molecule is CCN(CC1CCCO1)C(=O)NCC(C)(CC)C(=O)O. The fraction of sp³-hybridized carbons (Fsp3) is 0.857. The average Bonchev–Trinajstić information content (AvgIpc) is 2.94. The first-order valence-corrected chi connectivity index (χ1v) is 7.30. The lowest BCUT2D eigenvalue weighted by Gasteiger charge is -2.28. The number of rotatable bonds is 7. The highest BCUT2D eigenvalue weighted by molar-refractivity contribution is 5.77. The van der Waals surface area contributed by atoms with Gasteiger partial charge in [-0.1, -0.05) is 6.92 Å². The van der Waals surface area contributed by atoms with Crippen molar-refractivity contribution in [1.29, 1.82) is 0 Å². The molecule has 0 aromatic heterocycles. The van der Waals surface area contributed by atoms with Crippen LogP contribution in [-0.2, 0) is 9.53 Å². The van der Waals surface area contributed by atoms with Gasteiger partial charge in [0.2, 0.25) is 0 Å². The van der Waals surface area contributed by atoms with Gasteiger partial charge in [0.25, 0.3) is 0 Å². The van der Waals surface area contributed by atoms with Crippen LogP contribution in [0.5, 0.6) is 0 Å². The molecular weight excluding hydrogens is 260 g/mol. The molecule has 1 aliphatic heterocycles. The van der Waals surface area contributed by atoms with Crippen molar-refractivity contribution in [3.8, 4) is 0 Å². The van der Waals surface area contributed by atoms with Crippen LogP contribution in [0.3, 0.4) is 0 Å². The number of nitrogens with one attached hydrogen (secondary N) is 1. The molecule has 0 radical (unpaired) electrons. The van der Waals surface area contributed by atoms with Gasteiger partial charge in [-0.3, -0.25) is 4.79 Å². The molecule has 2 atom stereocenters. The number of nitrogens with zero attached hydrogens (tertiary/aromatic N) is 1. The van der Waals surface area contributed by atoms with Crippen LogP contribution in [0.15, 0.2) is 0 Å². The predicted octanol–water partition coefficient (Wildman–Crippen LogP) is 1.70. The molecule has 1 aliphatic rings. The molecule has 2 N–H and O–H groups in total. The summed E-state index contributed by atoms with van der Waals surface area (Å²) < 4.78 is 5.52. The third-order valence-electron chi connectivity index (χ3n) is 4.04. The molecule has 1 fully saturated rings. The first-order valence-electron chi connectivity index (χ1n) is 7.30. The fourth-order valence-electron chi connectivity index (χ4n) is 2.12. The third kappa shape index (κ3) is 4.37. The van der Waals surface area contributed by atoms with Crippen molar-refractivity contribution in [2.45, 2.75) is 46.1 Å². The Morgan fingerprint density at radius 1 is 1.45 bits per heavy atom. The highest BCUT2D eigenvalue weighted by Gasteiger charge is 2.32. The normalized spacial score (nSPS) is 21.2. The first-order chi connectivity index (χ1) is 9.42. The molecule has 20 heavy (non-hydrogen) atoms. The zero-order chi connectivity index (χ0) is 15.2. The Bertz CT molecular complexity index is 342. The predicted molar refractivity (Wildman–Crippen MR) is 75.7 cm³/mol. The Hall–Kier alpha value is -1.30. The van der Waals surface area contributed by atoms with E-state index >= 15 is 0 Å². The molecule has 0 aromatic rings. The summed E-state index contributed by atoms with van der Waals surface area (Å²) >= 11 is 0. The lowest BCUT2D eigenvalue weighted by atomic mass is 9.88. The molecule has 0 saturated carbocycles. The standard InChI is InChI=1S/C14H26N2O4/c1-4-14(3,12(17)18)10-15-13(19)16(5-2)9-11-7-6-8-20-11/h11H,4-10H2,1-3H3,(H,15,19)(H,17,18). The van der Waals surface area contributed by atoms with Gasteiger partial charge in [0.15, 0.2) is 0 Å². The Labute approximate surface area is 120 Å². The molecule has 0 bridgehead atoms. The van der Waals surface area contributed by atoms with Crippen LogP contribution in [0.1, 0.15) is 40.0 Å². The third-order valence-corrected chi connectivity index (χ3v) is 4.04. The van der Waals surface area contributed by atoms with Crippen LogP contribution < -0.4 is 5.32 Å². The van der Waals surface area contributed by atoms with Gasteiger partial charge in [-0.05, 0) is 33.1 Å². The summed E-state index contributed by atoms with van der Waals surface area (Å²) in [5, 5.41) is 11.9. The largest absolute Gasteiger partial charge is 0.481 e. The van der Waals surface area contributed by atoms with Gasteiger partial charge < -0.3 is 20.1 Å². The quantitative estimate of drug-likeness (QED) is 0.746. The minimum Gasteiger partial charge on any atom is -0.481 e. The van der Waals surface area contributed by atoms with Crippen LogP contribution in [0, 0.1) is 5.41 Å². The highest BCUT2D eigenvalue weighted by atomic mass is 16.5. The average molecular weight is 286 g/mol. The van der Waals surface area contributed by atoms with Crippen molar-refractivity contribution in [1.82, 2.24) is 10.2 Å². The van der Waals surface area contributed by atoms with E-state index < -0.39 is 11.4 Å². The monoisotopic (exact) mass is 286 g/mol. The molecule has 6 heteroatoms. The number of amides is 2. The molecule has 1 saturated heterocycles. The van der Waals surface area contributed by atoms with E-state index in [1.165, 1.54) is 0 Å². The number of carboxylic acids is 1. The van der Waals surface area contributed by atoms with Gasteiger partial charge >= 0.3 is 12.0 Å². The second-order valence-corrected chi connectivity index (χ2v) is 5.55. The number of urea groups is 1. The number of carbonyl (C=O) groups is 2. The zero-order valence-corrected chi connectivity index (χ0v) is 12.6. The van der Waals surface area contributed by atoms with E-state index in [1.54, 1.807) is 11.8 Å². The number of carboxylic acid groups (broad SMARTS) is 1. The molecule has 2 unspecified atom stereocenters. The van der Waals surface area contributed by atoms with Gasteiger partial charge in [-0.25, -0.2) is 4.79 Å². The Kier molecular flexibility index (Phi) is 6.26. The van der Waals surface area contributed by atoms with Crippen molar-refractivity contribution < 1.29 is 19.4 Å². The van der Waals surface area contributed by atoms with E-state index in [-0.39, 0.29) is 18.7 Å². The second-order valence-electron chi connectivity index (χ2n) is 5.55. The summed E-state index contributed by atoms with van der Waals surface area (Å²) in [6, 6.07) is -0.219. The summed E-state index contributed by atoms with van der Waals surface area (Å²) in [5.74, 6) is -0.887. The Morgan fingerprint density at radius 3 is 2.60 bits per heavy atom. The summed E-state index contributed by atoms with van der Waals surface area (Å²) in [7, 11) is 0. The lowest BCUT2D eigenvalue weighted by Crippen LogP contribution is -2.48. The maximum Gasteiger partial charge on any atom is 0.317 e. The van der Waals surface area contributed by atoms with Crippen LogP contribution in [0.4, 0.5) is 4.79 Å². The van der Waals surface area contributed by atoms with Crippen molar-refractivity contribution in [2.24, 2.45) is 5.41 Å². The summed E-state index contributed by atoms with van der Waals surface area (Å²) in [6.45, 7) is 7.41. The van der Waals surface area contributed by atoms with Crippen LogP contribution >= 0.6 is 0 Å². The zero-order valence-electron chi connectivity index (χ0n) is 12.6. The van der Waals surface area contributed by atoms with Crippen molar-refractivity contribution >= 4 is 12.0 Å². The number of carbonyl (C=O) groups excluding carboxylic acids is 1. The van der Waals surface area contributed by atoms with Gasteiger partial charge in [0.1, 0.15) is 0 Å². The van der Waals surface area contributed by atoms with Crippen molar-refractivity contribution in [3.63, 3.8) is 0 Å². The van der Waals surface area contributed by atoms with E-state index in [2.05, 4.69) is 5.32 Å². The van der Waals surface area contributed by atoms with Gasteiger partial charge in [0, 0.05) is 26.2 Å². The Balaban J connectivity index is 2.48. The number of likely N-dealkylation sites (N-methyl/N-ethyl adjacent to an activating group) is 1. The molecule has 6 nitrogen and oxygen atoms in total.